The Balaban J connectivity index is 1.22. The average molecular weight is 498 g/mol. The maximum absolute atomic E-state index is 13.0. The second-order valence-electron chi connectivity index (χ2n) is 9.78. The topological polar surface area (TPSA) is 123 Å². The van der Waals surface area contributed by atoms with E-state index < -0.39 is 15.6 Å². The lowest BCUT2D eigenvalue weighted by molar-refractivity contribution is -0.0813. The van der Waals surface area contributed by atoms with Crippen molar-refractivity contribution >= 4 is 32.5 Å². The van der Waals surface area contributed by atoms with Crippen LogP contribution in [0.3, 0.4) is 0 Å². The number of carbonyl (C=O) groups excluding carboxylic acids is 1. The zero-order valence-corrected chi connectivity index (χ0v) is 20.3. The Kier molecular flexibility index (Phi) is 6.33. The highest BCUT2D eigenvalue weighted by atomic mass is 32.2. The molecule has 2 heterocycles. The Labute approximate surface area is 205 Å². The zero-order valence-electron chi connectivity index (χ0n) is 19.5. The number of piperidine rings is 1. The molecule has 0 atom stereocenters. The van der Waals surface area contributed by atoms with Crippen LogP contribution in [0.4, 0.5) is 5.69 Å². The van der Waals surface area contributed by atoms with Crippen molar-refractivity contribution in [3.05, 3.63) is 60.3 Å². The van der Waals surface area contributed by atoms with Gasteiger partial charge in [-0.1, -0.05) is 12.1 Å². The normalized spacial score (nSPS) is 22.7. The van der Waals surface area contributed by atoms with E-state index in [0.717, 1.165) is 31.1 Å². The largest absolute Gasteiger partial charge is 0.393 e. The van der Waals surface area contributed by atoms with Crippen molar-refractivity contribution in [2.75, 3.05) is 17.8 Å². The number of hydrogen-bond acceptors (Lipinski definition) is 5. The van der Waals surface area contributed by atoms with Crippen LogP contribution in [0.5, 0.6) is 0 Å². The van der Waals surface area contributed by atoms with Gasteiger partial charge in [0.25, 0.3) is 15.9 Å². The number of nitrogens with zero attached hydrogens (tertiary/aromatic N) is 1. The molecule has 2 fully saturated rings. The third kappa shape index (κ3) is 4.80. The quantitative estimate of drug-likeness (QED) is 0.430. The fourth-order valence-corrected chi connectivity index (χ4v) is 6.73. The molecule has 35 heavy (non-hydrogen) atoms. The molecule has 2 aliphatic rings. The van der Waals surface area contributed by atoms with Crippen LogP contribution in [0.2, 0.25) is 0 Å². The number of rotatable bonds is 5. The fourth-order valence-electron chi connectivity index (χ4n) is 5.47. The predicted molar refractivity (Wildman–Crippen MR) is 134 cm³/mol. The van der Waals surface area contributed by atoms with E-state index >= 15 is 0 Å². The zero-order chi connectivity index (χ0) is 24.6. The highest BCUT2D eigenvalue weighted by molar-refractivity contribution is 7.93. The summed E-state index contributed by atoms with van der Waals surface area (Å²) in [5.74, 6) is 0.0453. The van der Waals surface area contributed by atoms with E-state index in [2.05, 4.69) is 9.71 Å². The Hall–Kier alpha value is -2.88. The minimum atomic E-state index is -3.81. The Bertz CT molecular complexity index is 1300. The van der Waals surface area contributed by atoms with Crippen molar-refractivity contribution in [3.63, 3.8) is 0 Å². The number of nitrogens with one attached hydrogen (secondary N) is 2. The van der Waals surface area contributed by atoms with Crippen LogP contribution in [0, 0.1) is 5.92 Å². The average Bonchev–Trinajstić information content (AvgIpc) is 3.34. The smallest absolute Gasteiger partial charge is 0.263 e. The van der Waals surface area contributed by atoms with Gasteiger partial charge in [0.05, 0.1) is 17.2 Å². The summed E-state index contributed by atoms with van der Waals surface area (Å²) in [6, 6.07) is 13.3. The highest BCUT2D eigenvalue weighted by Gasteiger charge is 2.41. The lowest BCUT2D eigenvalue weighted by Gasteiger charge is -2.45. The van der Waals surface area contributed by atoms with Gasteiger partial charge in [-0.05, 0) is 80.8 Å². The molecule has 0 unspecified atom stereocenters. The van der Waals surface area contributed by atoms with Gasteiger partial charge in [0, 0.05) is 35.9 Å². The first kappa shape index (κ1) is 23.8. The van der Waals surface area contributed by atoms with E-state index in [1.807, 2.05) is 12.1 Å². The SMILES string of the molecule is O=C(c1ccc(NS(=O)(=O)c2cccc3cc[nH]c23)cc1)N1CCC(O)(C2CCC(O)CC2)CC1. The number of sulfonamides is 1. The number of para-hydroxylation sites is 1. The first-order valence-corrected chi connectivity index (χ1v) is 13.6. The molecule has 1 aromatic heterocycles. The number of anilines is 1. The molecule has 0 bridgehead atoms. The molecular weight excluding hydrogens is 466 g/mol. The van der Waals surface area contributed by atoms with Gasteiger partial charge in [-0.15, -0.1) is 0 Å². The minimum Gasteiger partial charge on any atom is -0.393 e. The monoisotopic (exact) mass is 497 g/mol. The summed E-state index contributed by atoms with van der Waals surface area (Å²) in [4.78, 5) is 17.9. The maximum Gasteiger partial charge on any atom is 0.263 e. The van der Waals surface area contributed by atoms with E-state index in [-0.39, 0.29) is 22.8 Å². The molecule has 9 heteroatoms. The summed E-state index contributed by atoms with van der Waals surface area (Å²) in [5.41, 5.74) is 0.616. The number of aliphatic hydroxyl groups excluding tert-OH is 1. The van der Waals surface area contributed by atoms with Gasteiger partial charge in [0.2, 0.25) is 0 Å². The van der Waals surface area contributed by atoms with Crippen LogP contribution in [0.25, 0.3) is 10.9 Å². The molecule has 186 valence electrons. The number of amides is 1. The van der Waals surface area contributed by atoms with Gasteiger partial charge in [-0.25, -0.2) is 8.42 Å². The van der Waals surface area contributed by atoms with Gasteiger partial charge >= 0.3 is 0 Å². The van der Waals surface area contributed by atoms with Crippen molar-refractivity contribution in [3.8, 4) is 0 Å². The molecule has 3 aromatic rings. The first-order chi connectivity index (χ1) is 16.7. The molecule has 1 saturated carbocycles. The number of aromatic nitrogens is 1. The second kappa shape index (κ2) is 9.29. The van der Waals surface area contributed by atoms with Crippen LogP contribution in [0.1, 0.15) is 48.9 Å². The summed E-state index contributed by atoms with van der Waals surface area (Å²) >= 11 is 0. The summed E-state index contributed by atoms with van der Waals surface area (Å²) < 4.78 is 28.5. The minimum absolute atomic E-state index is 0.128. The van der Waals surface area contributed by atoms with Crippen molar-refractivity contribution < 1.29 is 23.4 Å². The van der Waals surface area contributed by atoms with E-state index in [4.69, 9.17) is 0 Å². The number of H-pyrrole nitrogens is 1. The van der Waals surface area contributed by atoms with Crippen molar-refractivity contribution in [2.45, 2.75) is 55.1 Å². The van der Waals surface area contributed by atoms with Crippen LogP contribution >= 0.6 is 0 Å². The van der Waals surface area contributed by atoms with Crippen LogP contribution < -0.4 is 4.72 Å². The number of fused-ring (bicyclic) bond motifs is 1. The molecule has 1 saturated heterocycles. The third-order valence-corrected chi connectivity index (χ3v) is 9.02. The van der Waals surface area contributed by atoms with Gasteiger partial charge in [0.1, 0.15) is 4.90 Å². The summed E-state index contributed by atoms with van der Waals surface area (Å²) in [6.45, 7) is 0.950. The van der Waals surface area contributed by atoms with Gasteiger partial charge in [-0.2, -0.15) is 0 Å². The summed E-state index contributed by atoms with van der Waals surface area (Å²) in [6.07, 6.45) is 5.60. The molecule has 1 aliphatic carbocycles. The van der Waals surface area contributed by atoms with Crippen molar-refractivity contribution in [1.29, 1.82) is 0 Å². The molecule has 0 radical (unpaired) electrons. The molecular formula is C26H31N3O5S. The lowest BCUT2D eigenvalue weighted by Crippen LogP contribution is -2.51. The molecule has 1 aliphatic heterocycles. The highest BCUT2D eigenvalue weighted by Crippen LogP contribution is 2.39. The number of aromatic amines is 1. The standard InChI is InChI=1S/C26H31N3O5S/c30-22-10-6-20(7-11-22)26(32)13-16-29(17-14-26)25(31)19-4-8-21(9-5-19)28-35(33,34)23-3-1-2-18-12-15-27-24(18)23/h1-5,8-9,12,15,20,22,27-28,30,32H,6-7,10-11,13-14,16-17H2. The first-order valence-electron chi connectivity index (χ1n) is 12.1. The summed E-state index contributed by atoms with van der Waals surface area (Å²) in [5, 5.41) is 21.7. The van der Waals surface area contributed by atoms with E-state index in [1.165, 1.54) is 0 Å². The van der Waals surface area contributed by atoms with E-state index in [0.29, 0.717) is 42.7 Å². The number of likely N-dealkylation sites (tertiary alicyclic amines) is 1. The molecule has 0 spiro atoms. The van der Waals surface area contributed by atoms with Gasteiger partial charge in [-0.3, -0.25) is 9.52 Å². The number of benzene rings is 2. The van der Waals surface area contributed by atoms with E-state index in [9.17, 15) is 23.4 Å². The number of hydrogen-bond donors (Lipinski definition) is 4. The van der Waals surface area contributed by atoms with Crippen molar-refractivity contribution in [2.24, 2.45) is 5.92 Å². The van der Waals surface area contributed by atoms with E-state index in [1.54, 1.807) is 47.5 Å². The van der Waals surface area contributed by atoms with Gasteiger partial charge < -0.3 is 20.1 Å². The predicted octanol–water partition coefficient (Wildman–Crippen LogP) is 3.49. The summed E-state index contributed by atoms with van der Waals surface area (Å²) in [7, 11) is -3.81. The van der Waals surface area contributed by atoms with Crippen LogP contribution in [-0.2, 0) is 10.0 Å². The second-order valence-corrected chi connectivity index (χ2v) is 11.4. The Morgan fingerprint density at radius 2 is 1.69 bits per heavy atom. The molecule has 5 rings (SSSR count). The number of aliphatic hydroxyl groups is 2. The molecule has 1 amide bonds. The molecule has 8 nitrogen and oxygen atoms in total. The maximum atomic E-state index is 13.0. The number of carbonyl (C=O) groups is 1. The lowest BCUT2D eigenvalue weighted by atomic mass is 9.71. The fraction of sp³-hybridized carbons (Fsp3) is 0.423. The Morgan fingerprint density at radius 3 is 2.37 bits per heavy atom. The van der Waals surface area contributed by atoms with Crippen molar-refractivity contribution in [1.82, 2.24) is 9.88 Å². The van der Waals surface area contributed by atoms with Gasteiger partial charge in [0.15, 0.2) is 0 Å². The molecule has 2 aromatic carbocycles. The Morgan fingerprint density at radius 1 is 1.00 bits per heavy atom. The van der Waals surface area contributed by atoms with Crippen LogP contribution in [0.15, 0.2) is 59.6 Å². The molecule has 4 N–H and O–H groups in total. The third-order valence-electron chi connectivity index (χ3n) is 7.60. The van der Waals surface area contributed by atoms with Crippen LogP contribution in [-0.4, -0.2) is 59.2 Å².